The fourth-order valence-electron chi connectivity index (χ4n) is 3.99. The smallest absolute Gasteiger partial charge is 0.274 e. The highest BCUT2D eigenvalue weighted by Crippen LogP contribution is 2.28. The second kappa shape index (κ2) is 8.69. The quantitative estimate of drug-likeness (QED) is 0.653. The summed E-state index contributed by atoms with van der Waals surface area (Å²) in [5, 5.41) is 0. The van der Waals surface area contributed by atoms with Gasteiger partial charge < -0.3 is 4.90 Å². The Hall–Kier alpha value is -3.15. The Morgan fingerprint density at radius 1 is 1.07 bits per heavy atom. The molecule has 0 N–H and O–H groups in total. The maximum atomic E-state index is 13.2. The van der Waals surface area contributed by atoms with Crippen LogP contribution in [0, 0.1) is 19.7 Å². The standard InChI is InChI=1S/C24H25FN4O/c1-16-10-19(11-18-5-7-21(25)8-6-18)12-22(28-16)20-4-3-9-29(15-20)24(30)23-14-26-17(2)13-27-23/h5-8,10,12-14,20H,3-4,9,11,15H2,1-2H3/t20-/m1/s1. The van der Waals surface area contributed by atoms with Gasteiger partial charge in [0.1, 0.15) is 11.5 Å². The summed E-state index contributed by atoms with van der Waals surface area (Å²) in [4.78, 5) is 27.9. The van der Waals surface area contributed by atoms with Crippen LogP contribution in [0.2, 0.25) is 0 Å². The van der Waals surface area contributed by atoms with Gasteiger partial charge in [-0.1, -0.05) is 12.1 Å². The van der Waals surface area contributed by atoms with E-state index in [9.17, 15) is 9.18 Å². The number of hydrogen-bond acceptors (Lipinski definition) is 4. The highest BCUT2D eigenvalue weighted by Gasteiger charge is 2.27. The van der Waals surface area contributed by atoms with Crippen LogP contribution < -0.4 is 0 Å². The summed E-state index contributed by atoms with van der Waals surface area (Å²) in [5.74, 6) is -0.116. The molecule has 1 atom stereocenters. The average Bonchev–Trinajstić information content (AvgIpc) is 2.75. The fraction of sp³-hybridized carbons (Fsp3) is 0.333. The predicted molar refractivity (Wildman–Crippen MR) is 113 cm³/mol. The van der Waals surface area contributed by atoms with E-state index in [2.05, 4.69) is 22.1 Å². The number of rotatable bonds is 4. The van der Waals surface area contributed by atoms with E-state index >= 15 is 0 Å². The Morgan fingerprint density at radius 2 is 1.87 bits per heavy atom. The van der Waals surface area contributed by atoms with Gasteiger partial charge in [0, 0.05) is 36.6 Å². The van der Waals surface area contributed by atoms with Gasteiger partial charge in [-0.15, -0.1) is 0 Å². The van der Waals surface area contributed by atoms with Crippen LogP contribution in [0.15, 0.2) is 48.8 Å². The largest absolute Gasteiger partial charge is 0.337 e. The summed E-state index contributed by atoms with van der Waals surface area (Å²) >= 11 is 0. The number of hydrogen-bond donors (Lipinski definition) is 0. The molecule has 2 aromatic heterocycles. The molecule has 0 bridgehead atoms. The Labute approximate surface area is 176 Å². The molecule has 1 amide bonds. The maximum Gasteiger partial charge on any atom is 0.274 e. The van der Waals surface area contributed by atoms with Crippen molar-refractivity contribution in [2.45, 2.75) is 39.0 Å². The zero-order chi connectivity index (χ0) is 21.1. The monoisotopic (exact) mass is 404 g/mol. The molecule has 6 heteroatoms. The molecule has 1 saturated heterocycles. The van der Waals surface area contributed by atoms with Crippen LogP contribution >= 0.6 is 0 Å². The molecule has 0 spiro atoms. The molecule has 0 radical (unpaired) electrons. The molecule has 3 heterocycles. The van der Waals surface area contributed by atoms with Crippen molar-refractivity contribution in [2.75, 3.05) is 13.1 Å². The zero-order valence-electron chi connectivity index (χ0n) is 17.3. The average molecular weight is 404 g/mol. The third-order valence-corrected chi connectivity index (χ3v) is 5.48. The molecule has 5 nitrogen and oxygen atoms in total. The number of halogens is 1. The molecule has 1 aliphatic rings. The fourth-order valence-corrected chi connectivity index (χ4v) is 3.99. The van der Waals surface area contributed by atoms with Gasteiger partial charge in [0.15, 0.2) is 0 Å². The van der Waals surface area contributed by atoms with Gasteiger partial charge >= 0.3 is 0 Å². The van der Waals surface area contributed by atoms with Crippen molar-refractivity contribution in [3.63, 3.8) is 0 Å². The van der Waals surface area contributed by atoms with Gasteiger partial charge in [0.25, 0.3) is 5.91 Å². The molecular weight excluding hydrogens is 379 g/mol. The Kier molecular flexibility index (Phi) is 5.84. The van der Waals surface area contributed by atoms with Crippen molar-refractivity contribution in [2.24, 2.45) is 0 Å². The number of piperidine rings is 1. The topological polar surface area (TPSA) is 59.0 Å². The molecule has 30 heavy (non-hydrogen) atoms. The minimum Gasteiger partial charge on any atom is -0.337 e. The van der Waals surface area contributed by atoms with Gasteiger partial charge in [0.05, 0.1) is 11.9 Å². The molecular formula is C24H25FN4O. The van der Waals surface area contributed by atoms with E-state index in [4.69, 9.17) is 4.98 Å². The molecule has 1 aliphatic heterocycles. The van der Waals surface area contributed by atoms with Gasteiger partial charge in [-0.3, -0.25) is 14.8 Å². The maximum absolute atomic E-state index is 13.2. The van der Waals surface area contributed by atoms with Crippen LogP contribution in [-0.2, 0) is 6.42 Å². The molecule has 0 aliphatic carbocycles. The molecule has 3 aromatic rings. The van der Waals surface area contributed by atoms with Crippen molar-refractivity contribution in [3.8, 4) is 0 Å². The van der Waals surface area contributed by atoms with Crippen LogP contribution in [0.1, 0.15) is 57.5 Å². The van der Waals surface area contributed by atoms with Crippen LogP contribution in [0.5, 0.6) is 0 Å². The number of likely N-dealkylation sites (tertiary alicyclic amines) is 1. The van der Waals surface area contributed by atoms with E-state index in [0.717, 1.165) is 54.0 Å². The first-order chi connectivity index (χ1) is 14.5. The number of nitrogens with zero attached hydrogens (tertiary/aromatic N) is 4. The normalized spacial score (nSPS) is 16.5. The predicted octanol–water partition coefficient (Wildman–Crippen LogP) is 4.24. The lowest BCUT2D eigenvalue weighted by Gasteiger charge is -2.32. The lowest BCUT2D eigenvalue weighted by atomic mass is 9.92. The van der Waals surface area contributed by atoms with E-state index in [1.807, 2.05) is 30.9 Å². The highest BCUT2D eigenvalue weighted by atomic mass is 19.1. The SMILES string of the molecule is Cc1cnc(C(=O)N2CCC[C@@H](c3cc(Cc4ccc(F)cc4)cc(C)n3)C2)cn1. The van der Waals surface area contributed by atoms with E-state index in [-0.39, 0.29) is 17.6 Å². The summed E-state index contributed by atoms with van der Waals surface area (Å²) < 4.78 is 13.2. The summed E-state index contributed by atoms with van der Waals surface area (Å²) in [6, 6.07) is 10.8. The minimum absolute atomic E-state index is 0.0774. The van der Waals surface area contributed by atoms with Crippen molar-refractivity contribution in [1.82, 2.24) is 19.9 Å². The summed E-state index contributed by atoms with van der Waals surface area (Å²) in [6.45, 7) is 5.19. The van der Waals surface area contributed by atoms with Gasteiger partial charge in [-0.25, -0.2) is 9.37 Å². The number of carbonyl (C=O) groups excluding carboxylic acids is 1. The molecule has 1 aromatic carbocycles. The number of aromatic nitrogens is 3. The van der Waals surface area contributed by atoms with Crippen LogP contribution in [-0.4, -0.2) is 38.8 Å². The van der Waals surface area contributed by atoms with Crippen molar-refractivity contribution < 1.29 is 9.18 Å². The molecule has 0 unspecified atom stereocenters. The summed E-state index contributed by atoms with van der Waals surface area (Å²) in [6.07, 6.45) is 5.82. The summed E-state index contributed by atoms with van der Waals surface area (Å²) in [7, 11) is 0. The first kappa shape index (κ1) is 20.1. The molecule has 0 saturated carbocycles. The number of aryl methyl sites for hydroxylation is 2. The lowest BCUT2D eigenvalue weighted by Crippen LogP contribution is -2.39. The van der Waals surface area contributed by atoms with Crippen LogP contribution in [0.4, 0.5) is 4.39 Å². The molecule has 1 fully saturated rings. The van der Waals surface area contributed by atoms with E-state index in [1.54, 1.807) is 12.4 Å². The zero-order valence-corrected chi connectivity index (χ0v) is 17.3. The van der Waals surface area contributed by atoms with Gasteiger partial charge in [0.2, 0.25) is 0 Å². The van der Waals surface area contributed by atoms with Gasteiger partial charge in [-0.2, -0.15) is 0 Å². The summed E-state index contributed by atoms with van der Waals surface area (Å²) in [5.41, 5.74) is 5.36. The van der Waals surface area contributed by atoms with Crippen molar-refractivity contribution in [3.05, 3.63) is 88.5 Å². The second-order valence-electron chi connectivity index (χ2n) is 7.98. The van der Waals surface area contributed by atoms with E-state index < -0.39 is 0 Å². The van der Waals surface area contributed by atoms with Crippen LogP contribution in [0.3, 0.4) is 0 Å². The molecule has 154 valence electrons. The lowest BCUT2D eigenvalue weighted by molar-refractivity contribution is 0.0699. The third-order valence-electron chi connectivity index (χ3n) is 5.48. The number of carbonyl (C=O) groups is 1. The van der Waals surface area contributed by atoms with Gasteiger partial charge in [-0.05, 0) is 68.5 Å². The van der Waals surface area contributed by atoms with Crippen molar-refractivity contribution >= 4 is 5.91 Å². The number of amides is 1. The first-order valence-electron chi connectivity index (χ1n) is 10.3. The second-order valence-corrected chi connectivity index (χ2v) is 7.98. The molecule has 4 rings (SSSR count). The number of benzene rings is 1. The first-order valence-corrected chi connectivity index (χ1v) is 10.3. The Morgan fingerprint density at radius 3 is 2.60 bits per heavy atom. The van der Waals surface area contributed by atoms with Crippen LogP contribution in [0.25, 0.3) is 0 Å². The van der Waals surface area contributed by atoms with Crippen molar-refractivity contribution in [1.29, 1.82) is 0 Å². The van der Waals surface area contributed by atoms with E-state index in [0.29, 0.717) is 12.2 Å². The number of pyridine rings is 1. The highest BCUT2D eigenvalue weighted by molar-refractivity contribution is 5.92. The Bertz CT molecular complexity index is 1030. The minimum atomic E-state index is -0.226. The third kappa shape index (κ3) is 4.70. The van der Waals surface area contributed by atoms with E-state index in [1.165, 1.54) is 12.1 Å². The Balaban J connectivity index is 1.51.